The molecule has 0 aromatic carbocycles. The molecule has 0 amide bonds. The van der Waals surface area contributed by atoms with Gasteiger partial charge in [-0.2, -0.15) is 9.97 Å². The van der Waals surface area contributed by atoms with E-state index in [9.17, 15) is 9.59 Å². The molecule has 2 aliphatic carbocycles. The molecule has 8 aromatic rings. The van der Waals surface area contributed by atoms with Crippen molar-refractivity contribution in [1.29, 1.82) is 0 Å². The summed E-state index contributed by atoms with van der Waals surface area (Å²) >= 11 is 14.6. The van der Waals surface area contributed by atoms with Crippen LogP contribution < -0.4 is 21.3 Å². The zero-order valence-electron chi connectivity index (χ0n) is 32.9. The van der Waals surface area contributed by atoms with Crippen molar-refractivity contribution in [3.05, 3.63) is 121 Å². The summed E-state index contributed by atoms with van der Waals surface area (Å²) in [4.78, 5) is 61.0. The van der Waals surface area contributed by atoms with Crippen molar-refractivity contribution in [2.45, 2.75) is 24.9 Å². The lowest BCUT2D eigenvalue weighted by atomic mass is 10.2. The Labute approximate surface area is 375 Å². The number of hydrogen-bond acceptors (Lipinski definition) is 16. The quantitative estimate of drug-likeness (QED) is 0.224. The van der Waals surface area contributed by atoms with Crippen molar-refractivity contribution in [3.63, 3.8) is 0 Å². The van der Waals surface area contributed by atoms with Crippen molar-refractivity contribution in [2.24, 2.45) is 37.8 Å². The average Bonchev–Trinajstić information content (AvgIpc) is 3.82. The highest BCUT2D eigenvalue weighted by molar-refractivity contribution is 9.10. The third kappa shape index (κ3) is 8.10. The fourth-order valence-corrected chi connectivity index (χ4v) is 8.89. The molecule has 62 heavy (non-hydrogen) atoms. The van der Waals surface area contributed by atoms with Crippen LogP contribution in [0.25, 0.3) is 22.3 Å². The molecule has 2 saturated carbocycles. The fraction of sp³-hybridized carbons (Fsp3) is 0.368. The van der Waals surface area contributed by atoms with E-state index >= 15 is 0 Å². The van der Waals surface area contributed by atoms with Crippen molar-refractivity contribution >= 4 is 79.6 Å². The zero-order chi connectivity index (χ0) is 41.9. The van der Waals surface area contributed by atoms with E-state index in [4.69, 9.17) is 32.2 Å². The molecule has 6 atom stereocenters. The van der Waals surface area contributed by atoms with Gasteiger partial charge in [0.2, 0.25) is 11.8 Å². The highest BCUT2D eigenvalue weighted by Gasteiger charge is 2.59. The second-order valence-electron chi connectivity index (χ2n) is 15.4. The maximum absolute atomic E-state index is 12.7. The van der Waals surface area contributed by atoms with E-state index in [1.807, 2.05) is 18.2 Å². The third-order valence-corrected chi connectivity index (χ3v) is 12.5. The predicted octanol–water partition coefficient (Wildman–Crippen LogP) is 3.87. The number of pyridine rings is 2. The van der Waals surface area contributed by atoms with Crippen molar-refractivity contribution < 1.29 is 9.05 Å². The molecule has 2 aliphatic heterocycles. The molecule has 1 N–H and O–H groups in total. The molecule has 24 heteroatoms. The van der Waals surface area contributed by atoms with E-state index < -0.39 is 0 Å². The highest BCUT2D eigenvalue weighted by Crippen LogP contribution is 2.58. The number of rotatable bonds is 7. The number of aromatic nitrogens is 14. The molecule has 2 unspecified atom stereocenters. The SMILES string of the molecule is Cl.Clc1ccc(Br)cn1.Cn1cnc2ncn(Cc3nc(C4[C@H]5CN(c6ccc(Cl)nc6)C[C@@H]45)no3)c(=O)c21.Cn1cnc2ncn(Cc3nc(C4[C@H]5CNC[C@@H]45)no3)c(=O)c21. The van der Waals surface area contributed by atoms with Gasteiger partial charge in [0.25, 0.3) is 11.1 Å². The highest BCUT2D eigenvalue weighted by atomic mass is 79.9. The van der Waals surface area contributed by atoms with Crippen LogP contribution in [-0.4, -0.2) is 94.6 Å². The predicted molar refractivity (Wildman–Crippen MR) is 230 cm³/mol. The Hall–Kier alpha value is -5.61. The van der Waals surface area contributed by atoms with Crippen LogP contribution in [0.4, 0.5) is 5.69 Å². The minimum atomic E-state index is -0.185. The summed E-state index contributed by atoms with van der Waals surface area (Å²) in [5.41, 5.74) is 2.52. The van der Waals surface area contributed by atoms with E-state index in [0.29, 0.717) is 79.9 Å². The number of imidazole rings is 2. The maximum atomic E-state index is 12.7. The third-order valence-electron chi connectivity index (χ3n) is 11.6. The molecule has 20 nitrogen and oxygen atoms in total. The second kappa shape index (κ2) is 16.9. The number of anilines is 1. The molecule has 12 rings (SSSR count). The van der Waals surface area contributed by atoms with E-state index in [-0.39, 0.29) is 36.6 Å². The molecule has 8 aromatic heterocycles. The number of halogens is 4. The van der Waals surface area contributed by atoms with Gasteiger partial charge >= 0.3 is 0 Å². The summed E-state index contributed by atoms with van der Waals surface area (Å²) in [5.74, 6) is 5.29. The lowest BCUT2D eigenvalue weighted by Crippen LogP contribution is -2.24. The van der Waals surface area contributed by atoms with Crippen LogP contribution in [0.1, 0.15) is 35.3 Å². The summed E-state index contributed by atoms with van der Waals surface area (Å²) in [5, 5.41) is 12.6. The van der Waals surface area contributed by atoms with Gasteiger partial charge in [-0.3, -0.25) is 18.7 Å². The number of nitrogens with one attached hydrogen (secondary N) is 1. The van der Waals surface area contributed by atoms with Crippen LogP contribution in [-0.2, 0) is 27.2 Å². The van der Waals surface area contributed by atoms with Crippen LogP contribution in [0.15, 0.2) is 85.1 Å². The summed E-state index contributed by atoms with van der Waals surface area (Å²) in [6.07, 6.45) is 9.54. The van der Waals surface area contributed by atoms with Gasteiger partial charge in [0.15, 0.2) is 34.0 Å². The summed E-state index contributed by atoms with van der Waals surface area (Å²) < 4.78 is 18.0. The van der Waals surface area contributed by atoms with Crippen LogP contribution in [0, 0.1) is 23.7 Å². The number of piperidine rings is 2. The number of nitrogens with zero attached hydrogens (tertiary/aromatic N) is 15. The molecular weight excluding hydrogens is 931 g/mol. The zero-order valence-corrected chi connectivity index (χ0v) is 36.8. The van der Waals surface area contributed by atoms with Gasteiger partial charge < -0.3 is 28.4 Å². The van der Waals surface area contributed by atoms with E-state index in [1.165, 1.54) is 21.8 Å². The first-order valence-corrected chi connectivity index (χ1v) is 20.9. The second-order valence-corrected chi connectivity index (χ2v) is 17.1. The van der Waals surface area contributed by atoms with Crippen LogP contribution in [0.2, 0.25) is 10.3 Å². The number of aryl methyl sites for hydroxylation is 2. The first kappa shape index (κ1) is 41.7. The summed E-state index contributed by atoms with van der Waals surface area (Å²) in [6, 6.07) is 7.37. The molecule has 10 heterocycles. The van der Waals surface area contributed by atoms with E-state index in [1.54, 1.807) is 54.3 Å². The Morgan fingerprint density at radius 2 is 1.16 bits per heavy atom. The lowest BCUT2D eigenvalue weighted by Gasteiger charge is -2.20. The van der Waals surface area contributed by atoms with Crippen molar-refractivity contribution in [1.82, 2.24) is 73.8 Å². The van der Waals surface area contributed by atoms with Gasteiger partial charge in [0.1, 0.15) is 36.1 Å². The fourth-order valence-electron chi connectivity index (χ4n) is 8.43. The summed E-state index contributed by atoms with van der Waals surface area (Å²) in [6.45, 7) is 4.33. The lowest BCUT2D eigenvalue weighted by molar-refractivity contribution is 0.363. The number of hydrogen-bond donors (Lipinski definition) is 1. The normalized spacial score (nSPS) is 21.7. The first-order valence-electron chi connectivity index (χ1n) is 19.3. The molecule has 0 radical (unpaired) electrons. The molecular formula is C38H36BrCl3N16O4. The van der Waals surface area contributed by atoms with Crippen molar-refractivity contribution in [3.8, 4) is 0 Å². The van der Waals surface area contributed by atoms with Gasteiger partial charge in [-0.05, 0) is 77.0 Å². The minimum absolute atomic E-state index is 0. The van der Waals surface area contributed by atoms with Crippen LogP contribution >= 0.6 is 51.5 Å². The van der Waals surface area contributed by atoms with Gasteiger partial charge in [0, 0.05) is 49.7 Å². The van der Waals surface area contributed by atoms with Gasteiger partial charge in [-0.1, -0.05) is 33.5 Å². The first-order chi connectivity index (χ1) is 29.6. The molecule has 4 aliphatic rings. The smallest absolute Gasteiger partial charge is 0.280 e. The Kier molecular flexibility index (Phi) is 11.4. The standard InChI is InChI=1S/C19H17ClN8O2.C14H15N7O2.C5H3BrClN.ClH/c1-26-8-22-18-16(26)19(29)28(9-23-18)7-14-24-17(25-30-14)15-11-5-27(6-12(11)15)10-2-3-13(20)21-4-10;1-20-5-16-13-11(20)14(22)21(6-17-13)4-9-18-12(19-23-9)10-7-2-15-3-8(7)10;6-4-1-2-5(7)8-3-4;/h2-4,8-9,11-12,15H,5-7H2,1H3;5-8,10,15H,2-4H2,1H3;1-3H;1H/t11-,12+,15?;7-,8+,10?;;. The summed E-state index contributed by atoms with van der Waals surface area (Å²) in [7, 11) is 3.54. The van der Waals surface area contributed by atoms with E-state index in [0.717, 1.165) is 48.0 Å². The van der Waals surface area contributed by atoms with Gasteiger partial charge in [-0.25, -0.2) is 29.9 Å². The monoisotopic (exact) mass is 964 g/mol. The molecule has 0 bridgehead atoms. The topological polar surface area (TPSA) is 224 Å². The Morgan fingerprint density at radius 3 is 1.63 bits per heavy atom. The number of fused-ring (bicyclic) bond motifs is 4. The van der Waals surface area contributed by atoms with Crippen LogP contribution in [0.5, 0.6) is 0 Å². The molecule has 4 fully saturated rings. The van der Waals surface area contributed by atoms with Crippen molar-refractivity contribution in [2.75, 3.05) is 31.1 Å². The van der Waals surface area contributed by atoms with Crippen LogP contribution in [0.3, 0.4) is 0 Å². The van der Waals surface area contributed by atoms with Gasteiger partial charge in [-0.15, -0.1) is 12.4 Å². The van der Waals surface area contributed by atoms with Gasteiger partial charge in [0.05, 0.1) is 24.5 Å². The van der Waals surface area contributed by atoms with E-state index in [2.05, 4.69) is 76.3 Å². The Balaban J connectivity index is 0.000000135. The molecule has 0 spiro atoms. The average molecular weight is 967 g/mol. The Bertz CT molecular complexity index is 2960. The minimum Gasteiger partial charge on any atom is -0.370 e. The maximum Gasteiger partial charge on any atom is 0.280 e. The molecule has 320 valence electrons. The largest absolute Gasteiger partial charge is 0.370 e. The molecule has 2 saturated heterocycles. The Morgan fingerprint density at radius 1 is 0.677 bits per heavy atom.